The summed E-state index contributed by atoms with van der Waals surface area (Å²) in [6.45, 7) is 0.762. The predicted octanol–water partition coefficient (Wildman–Crippen LogP) is 0.578. The summed E-state index contributed by atoms with van der Waals surface area (Å²) in [6.07, 6.45) is 5.72. The number of hydrogen-bond donors (Lipinski definition) is 1. The van der Waals surface area contributed by atoms with E-state index < -0.39 is 9.84 Å². The van der Waals surface area contributed by atoms with Crippen LogP contribution in [0.2, 0.25) is 0 Å². The normalized spacial score (nSPS) is 27.1. The minimum absolute atomic E-state index is 0.268. The fourth-order valence-electron chi connectivity index (χ4n) is 2.06. The maximum Gasteiger partial charge on any atom is 0.147 e. The molecule has 1 rings (SSSR count). The molecule has 1 saturated carbocycles. The Hall–Kier alpha value is -0.130. The minimum atomic E-state index is -2.81. The monoisotopic (exact) mass is 235 g/mol. The van der Waals surface area contributed by atoms with E-state index >= 15 is 0 Å². The van der Waals surface area contributed by atoms with Gasteiger partial charge in [-0.05, 0) is 32.2 Å². The summed E-state index contributed by atoms with van der Waals surface area (Å²) in [5.41, 5.74) is 0. The summed E-state index contributed by atoms with van der Waals surface area (Å²) >= 11 is 0. The van der Waals surface area contributed by atoms with Gasteiger partial charge in [0.1, 0.15) is 9.84 Å². The zero-order valence-electron chi connectivity index (χ0n) is 9.53. The summed E-state index contributed by atoms with van der Waals surface area (Å²) in [7, 11) is -1.07. The molecule has 0 heterocycles. The molecule has 1 aliphatic rings. The topological polar surface area (TPSA) is 55.4 Å². The summed E-state index contributed by atoms with van der Waals surface area (Å²) in [6, 6.07) is 0.412. The molecule has 1 aliphatic carbocycles. The zero-order chi connectivity index (χ0) is 11.3. The SMILES string of the molecule is COC1CCCC1NCCCS(C)(=O)=O. The summed E-state index contributed by atoms with van der Waals surface area (Å²) in [5, 5.41) is 3.37. The van der Waals surface area contributed by atoms with Gasteiger partial charge in [0, 0.05) is 19.4 Å². The largest absolute Gasteiger partial charge is 0.380 e. The Balaban J connectivity index is 2.15. The number of sulfone groups is 1. The summed E-state index contributed by atoms with van der Waals surface area (Å²) in [5.74, 6) is 0.268. The molecule has 0 aromatic rings. The maximum atomic E-state index is 10.9. The molecule has 1 N–H and O–H groups in total. The highest BCUT2D eigenvalue weighted by Crippen LogP contribution is 2.21. The first-order chi connectivity index (χ1) is 7.03. The molecule has 90 valence electrons. The molecular formula is C10H21NO3S. The Bertz CT molecular complexity index is 276. The summed E-state index contributed by atoms with van der Waals surface area (Å²) < 4.78 is 27.1. The lowest BCUT2D eigenvalue weighted by Gasteiger charge is -2.19. The minimum Gasteiger partial charge on any atom is -0.380 e. The highest BCUT2D eigenvalue weighted by molar-refractivity contribution is 7.90. The first-order valence-corrected chi connectivity index (χ1v) is 7.53. The van der Waals surface area contributed by atoms with E-state index in [9.17, 15) is 8.42 Å². The van der Waals surface area contributed by atoms with E-state index in [-0.39, 0.29) is 5.75 Å². The molecule has 5 heteroatoms. The van der Waals surface area contributed by atoms with Crippen molar-refractivity contribution < 1.29 is 13.2 Å². The van der Waals surface area contributed by atoms with Crippen molar-refractivity contribution in [2.45, 2.75) is 37.8 Å². The third kappa shape index (κ3) is 4.95. The van der Waals surface area contributed by atoms with Crippen molar-refractivity contribution in [3.05, 3.63) is 0 Å². The van der Waals surface area contributed by atoms with Crippen LogP contribution < -0.4 is 5.32 Å². The van der Waals surface area contributed by atoms with Crippen LogP contribution in [-0.2, 0) is 14.6 Å². The highest BCUT2D eigenvalue weighted by atomic mass is 32.2. The van der Waals surface area contributed by atoms with Crippen molar-refractivity contribution in [1.29, 1.82) is 0 Å². The molecule has 1 fully saturated rings. The lowest BCUT2D eigenvalue weighted by molar-refractivity contribution is 0.0854. The van der Waals surface area contributed by atoms with Gasteiger partial charge in [0.15, 0.2) is 0 Å². The van der Waals surface area contributed by atoms with Gasteiger partial charge < -0.3 is 10.1 Å². The Kier molecular flexibility index (Phi) is 5.02. The average Bonchev–Trinajstić information content (AvgIpc) is 2.58. The molecule has 0 bridgehead atoms. The van der Waals surface area contributed by atoms with Crippen molar-refractivity contribution >= 4 is 9.84 Å². The number of rotatable bonds is 6. The quantitative estimate of drug-likeness (QED) is 0.684. The van der Waals surface area contributed by atoms with E-state index in [0.717, 1.165) is 19.4 Å². The van der Waals surface area contributed by atoms with Crippen LogP contribution in [0.4, 0.5) is 0 Å². The molecule has 0 aromatic heterocycles. The Morgan fingerprint density at radius 1 is 1.40 bits per heavy atom. The van der Waals surface area contributed by atoms with Crippen molar-refractivity contribution in [3.8, 4) is 0 Å². The highest BCUT2D eigenvalue weighted by Gasteiger charge is 2.26. The lowest BCUT2D eigenvalue weighted by atomic mass is 10.2. The van der Waals surface area contributed by atoms with Gasteiger partial charge in [-0.2, -0.15) is 0 Å². The first kappa shape index (κ1) is 12.9. The van der Waals surface area contributed by atoms with Gasteiger partial charge in [0.2, 0.25) is 0 Å². The average molecular weight is 235 g/mol. The number of methoxy groups -OCH3 is 1. The van der Waals surface area contributed by atoms with Crippen LogP contribution in [0.3, 0.4) is 0 Å². The predicted molar refractivity (Wildman–Crippen MR) is 60.8 cm³/mol. The van der Waals surface area contributed by atoms with Gasteiger partial charge in [0.25, 0.3) is 0 Å². The van der Waals surface area contributed by atoms with Crippen molar-refractivity contribution in [3.63, 3.8) is 0 Å². The van der Waals surface area contributed by atoms with E-state index in [4.69, 9.17) is 4.74 Å². The van der Waals surface area contributed by atoms with Crippen LogP contribution in [0.5, 0.6) is 0 Å². The van der Waals surface area contributed by atoms with Gasteiger partial charge in [-0.1, -0.05) is 0 Å². The third-order valence-electron chi connectivity index (χ3n) is 2.85. The van der Waals surface area contributed by atoms with E-state index in [0.29, 0.717) is 18.6 Å². The third-order valence-corrected chi connectivity index (χ3v) is 3.88. The Labute approximate surface area is 92.3 Å². The fraction of sp³-hybridized carbons (Fsp3) is 1.00. The van der Waals surface area contributed by atoms with Crippen molar-refractivity contribution in [2.75, 3.05) is 25.7 Å². The number of nitrogens with one attached hydrogen (secondary N) is 1. The molecule has 2 unspecified atom stereocenters. The van der Waals surface area contributed by atoms with Crippen LogP contribution in [0.15, 0.2) is 0 Å². The second kappa shape index (κ2) is 5.82. The van der Waals surface area contributed by atoms with E-state index in [1.165, 1.54) is 12.7 Å². The molecule has 0 aliphatic heterocycles. The fourth-order valence-corrected chi connectivity index (χ4v) is 2.73. The second-order valence-corrected chi connectivity index (χ2v) is 6.51. The maximum absolute atomic E-state index is 10.9. The standard InChI is InChI=1S/C10H21NO3S/c1-14-10-6-3-5-9(10)11-7-4-8-15(2,12)13/h9-11H,3-8H2,1-2H3. The van der Waals surface area contributed by atoms with Crippen LogP contribution in [0, 0.1) is 0 Å². The van der Waals surface area contributed by atoms with Crippen LogP contribution in [-0.4, -0.2) is 46.2 Å². The molecule has 0 spiro atoms. The van der Waals surface area contributed by atoms with Crippen LogP contribution in [0.25, 0.3) is 0 Å². The first-order valence-electron chi connectivity index (χ1n) is 5.47. The van der Waals surface area contributed by atoms with Gasteiger partial charge in [-0.3, -0.25) is 0 Å². The van der Waals surface area contributed by atoms with Gasteiger partial charge >= 0.3 is 0 Å². The lowest BCUT2D eigenvalue weighted by Crippen LogP contribution is -2.37. The van der Waals surface area contributed by atoms with E-state index in [1.807, 2.05) is 0 Å². The Morgan fingerprint density at radius 3 is 2.73 bits per heavy atom. The molecule has 0 radical (unpaired) electrons. The molecule has 0 saturated heterocycles. The number of hydrogen-bond acceptors (Lipinski definition) is 4. The molecule has 4 nitrogen and oxygen atoms in total. The zero-order valence-corrected chi connectivity index (χ0v) is 10.3. The molecule has 15 heavy (non-hydrogen) atoms. The van der Waals surface area contributed by atoms with Crippen LogP contribution in [0.1, 0.15) is 25.7 Å². The van der Waals surface area contributed by atoms with Crippen molar-refractivity contribution in [2.24, 2.45) is 0 Å². The van der Waals surface area contributed by atoms with Crippen molar-refractivity contribution in [1.82, 2.24) is 5.32 Å². The van der Waals surface area contributed by atoms with E-state index in [2.05, 4.69) is 5.32 Å². The second-order valence-electron chi connectivity index (χ2n) is 4.25. The molecular weight excluding hydrogens is 214 g/mol. The number of ether oxygens (including phenoxy) is 1. The Morgan fingerprint density at radius 2 is 2.13 bits per heavy atom. The van der Waals surface area contributed by atoms with E-state index in [1.54, 1.807) is 7.11 Å². The molecule has 0 amide bonds. The van der Waals surface area contributed by atoms with Crippen LogP contribution >= 0.6 is 0 Å². The van der Waals surface area contributed by atoms with Gasteiger partial charge in [-0.15, -0.1) is 0 Å². The summed E-state index contributed by atoms with van der Waals surface area (Å²) in [4.78, 5) is 0. The molecule has 2 atom stereocenters. The van der Waals surface area contributed by atoms with Gasteiger partial charge in [0.05, 0.1) is 11.9 Å². The van der Waals surface area contributed by atoms with Gasteiger partial charge in [-0.25, -0.2) is 8.42 Å². The smallest absolute Gasteiger partial charge is 0.147 e. The molecule has 0 aromatic carbocycles.